The van der Waals surface area contributed by atoms with Gasteiger partial charge in [0.05, 0.1) is 38.5 Å². The average molecular weight is 499 g/mol. The summed E-state index contributed by atoms with van der Waals surface area (Å²) >= 11 is 0. The molecule has 2 aromatic rings. The molecule has 0 unspecified atom stereocenters. The van der Waals surface area contributed by atoms with Gasteiger partial charge in [0, 0.05) is 31.7 Å². The summed E-state index contributed by atoms with van der Waals surface area (Å²) in [7, 11) is 1.52. The van der Waals surface area contributed by atoms with Crippen molar-refractivity contribution in [2.24, 2.45) is 0 Å². The molecule has 0 aromatic heterocycles. The van der Waals surface area contributed by atoms with Gasteiger partial charge in [-0.15, -0.1) is 0 Å². The van der Waals surface area contributed by atoms with Gasteiger partial charge in [-0.25, -0.2) is 4.39 Å². The topological polar surface area (TPSA) is 88.5 Å². The number of aliphatic hydroxyl groups excluding tert-OH is 1. The number of rotatable bonds is 9. The van der Waals surface area contributed by atoms with E-state index in [-0.39, 0.29) is 23.4 Å². The molecule has 2 saturated heterocycles. The van der Waals surface area contributed by atoms with Crippen molar-refractivity contribution < 1.29 is 33.3 Å². The standard InChI is InChI=1S/C27H31FN2O6/c1-3-14-36-21-9-6-19(17-22(21)34-2)24-23(25(31)18-4-7-20(28)8-5-18)26(32)27(33)30(24)11-10-29-12-15-35-16-13-29/h4-9,17,24,31H,3,10-16H2,1-2H3/t24-/m0/s1. The Bertz CT molecular complexity index is 1130. The van der Waals surface area contributed by atoms with E-state index >= 15 is 0 Å². The normalized spacial score (nSPS) is 20.1. The maximum absolute atomic E-state index is 13.5. The van der Waals surface area contributed by atoms with Gasteiger partial charge in [0.2, 0.25) is 0 Å². The number of ketones is 1. The molecular weight excluding hydrogens is 467 g/mol. The van der Waals surface area contributed by atoms with Gasteiger partial charge in [-0.3, -0.25) is 14.5 Å². The number of nitrogens with zero attached hydrogens (tertiary/aromatic N) is 2. The number of halogens is 1. The molecule has 9 heteroatoms. The van der Waals surface area contributed by atoms with Crippen molar-refractivity contribution in [1.82, 2.24) is 9.80 Å². The summed E-state index contributed by atoms with van der Waals surface area (Å²) in [5.74, 6) is -1.29. The van der Waals surface area contributed by atoms with Crippen LogP contribution in [0.5, 0.6) is 11.5 Å². The first kappa shape index (κ1) is 25.7. The van der Waals surface area contributed by atoms with Gasteiger partial charge < -0.3 is 24.2 Å². The van der Waals surface area contributed by atoms with Crippen molar-refractivity contribution in [3.8, 4) is 11.5 Å². The van der Waals surface area contributed by atoms with Crippen LogP contribution >= 0.6 is 0 Å². The Morgan fingerprint density at radius 2 is 1.81 bits per heavy atom. The molecule has 192 valence electrons. The predicted molar refractivity (Wildman–Crippen MR) is 131 cm³/mol. The van der Waals surface area contributed by atoms with E-state index in [1.807, 2.05) is 6.92 Å². The lowest BCUT2D eigenvalue weighted by Gasteiger charge is -2.31. The molecule has 2 aliphatic rings. The summed E-state index contributed by atoms with van der Waals surface area (Å²) in [5, 5.41) is 11.1. The zero-order valence-corrected chi connectivity index (χ0v) is 20.5. The summed E-state index contributed by atoms with van der Waals surface area (Å²) in [5.41, 5.74) is 0.806. The van der Waals surface area contributed by atoms with Crippen LogP contribution in [-0.4, -0.2) is 79.7 Å². The van der Waals surface area contributed by atoms with Crippen LogP contribution in [0.15, 0.2) is 48.0 Å². The molecule has 8 nitrogen and oxygen atoms in total. The summed E-state index contributed by atoms with van der Waals surface area (Å²) < 4.78 is 30.2. The Morgan fingerprint density at radius 3 is 2.47 bits per heavy atom. The van der Waals surface area contributed by atoms with Crippen LogP contribution in [0.25, 0.3) is 5.76 Å². The smallest absolute Gasteiger partial charge is 0.295 e. The Balaban J connectivity index is 1.75. The van der Waals surface area contributed by atoms with Gasteiger partial charge in [0.1, 0.15) is 11.6 Å². The second-order valence-corrected chi connectivity index (χ2v) is 8.71. The summed E-state index contributed by atoms with van der Waals surface area (Å²) in [6, 6.07) is 9.54. The van der Waals surface area contributed by atoms with Crippen molar-refractivity contribution in [2.45, 2.75) is 19.4 Å². The Labute approximate surface area is 209 Å². The molecule has 1 atom stereocenters. The van der Waals surface area contributed by atoms with Crippen LogP contribution in [0.3, 0.4) is 0 Å². The highest BCUT2D eigenvalue weighted by molar-refractivity contribution is 6.46. The fourth-order valence-corrected chi connectivity index (χ4v) is 4.48. The number of carbonyl (C=O) groups is 2. The average Bonchev–Trinajstić information content (AvgIpc) is 3.16. The Morgan fingerprint density at radius 1 is 1.08 bits per heavy atom. The van der Waals surface area contributed by atoms with E-state index in [4.69, 9.17) is 14.2 Å². The third-order valence-corrected chi connectivity index (χ3v) is 6.38. The zero-order valence-electron chi connectivity index (χ0n) is 20.5. The highest BCUT2D eigenvalue weighted by atomic mass is 19.1. The van der Waals surface area contributed by atoms with Crippen LogP contribution in [0, 0.1) is 5.82 Å². The van der Waals surface area contributed by atoms with E-state index in [9.17, 15) is 19.1 Å². The molecular formula is C27H31FN2O6. The monoisotopic (exact) mass is 498 g/mol. The molecule has 2 aromatic carbocycles. The van der Waals surface area contributed by atoms with E-state index in [1.54, 1.807) is 18.2 Å². The number of methoxy groups -OCH3 is 1. The summed E-state index contributed by atoms with van der Waals surface area (Å²) in [6.45, 7) is 6.05. The van der Waals surface area contributed by atoms with Crippen LogP contribution in [0.1, 0.15) is 30.5 Å². The molecule has 0 spiro atoms. The van der Waals surface area contributed by atoms with Gasteiger partial charge in [0.15, 0.2) is 11.5 Å². The third kappa shape index (κ3) is 5.37. The van der Waals surface area contributed by atoms with Crippen LogP contribution < -0.4 is 9.47 Å². The maximum Gasteiger partial charge on any atom is 0.295 e. The Kier molecular flexibility index (Phi) is 8.22. The molecule has 2 aliphatic heterocycles. The molecule has 1 N–H and O–H groups in total. The first-order valence-corrected chi connectivity index (χ1v) is 12.1. The Hall–Kier alpha value is -3.43. The van der Waals surface area contributed by atoms with Crippen molar-refractivity contribution in [2.75, 3.05) is 53.1 Å². The minimum atomic E-state index is -0.842. The lowest BCUT2D eigenvalue weighted by atomic mass is 9.95. The highest BCUT2D eigenvalue weighted by Gasteiger charge is 2.46. The fourth-order valence-electron chi connectivity index (χ4n) is 4.48. The minimum Gasteiger partial charge on any atom is -0.507 e. The van der Waals surface area contributed by atoms with Gasteiger partial charge in [-0.05, 0) is 48.4 Å². The van der Waals surface area contributed by atoms with Crippen LogP contribution in [-0.2, 0) is 14.3 Å². The zero-order chi connectivity index (χ0) is 25.7. The molecule has 0 bridgehead atoms. The molecule has 36 heavy (non-hydrogen) atoms. The number of likely N-dealkylation sites (tertiary alicyclic amines) is 1. The number of morpholine rings is 1. The fraction of sp³-hybridized carbons (Fsp3) is 0.407. The van der Waals surface area contributed by atoms with E-state index < -0.39 is 23.5 Å². The third-order valence-electron chi connectivity index (χ3n) is 6.38. The number of hydrogen-bond acceptors (Lipinski definition) is 7. The predicted octanol–water partition coefficient (Wildman–Crippen LogP) is 3.38. The van der Waals surface area contributed by atoms with Crippen molar-refractivity contribution in [3.05, 3.63) is 65.0 Å². The van der Waals surface area contributed by atoms with Crippen molar-refractivity contribution in [3.63, 3.8) is 0 Å². The molecule has 1 amide bonds. The van der Waals surface area contributed by atoms with E-state index in [0.29, 0.717) is 43.4 Å². The first-order valence-electron chi connectivity index (χ1n) is 12.1. The van der Waals surface area contributed by atoms with Crippen LogP contribution in [0.2, 0.25) is 0 Å². The molecule has 0 saturated carbocycles. The van der Waals surface area contributed by atoms with Gasteiger partial charge >= 0.3 is 0 Å². The number of Topliss-reactive ketones (excluding diaryl/α,β-unsaturated/α-hetero) is 1. The second kappa shape index (κ2) is 11.5. The second-order valence-electron chi connectivity index (χ2n) is 8.71. The molecule has 4 rings (SSSR count). The van der Waals surface area contributed by atoms with E-state index in [2.05, 4.69) is 4.90 Å². The van der Waals surface area contributed by atoms with Gasteiger partial charge in [0.25, 0.3) is 11.7 Å². The molecule has 2 heterocycles. The minimum absolute atomic E-state index is 0.0436. The van der Waals surface area contributed by atoms with Crippen molar-refractivity contribution >= 4 is 17.4 Å². The number of ether oxygens (including phenoxy) is 3. The maximum atomic E-state index is 13.5. The number of aliphatic hydroxyl groups is 1. The quantitative estimate of drug-likeness (QED) is 0.322. The van der Waals surface area contributed by atoms with Crippen LogP contribution in [0.4, 0.5) is 4.39 Å². The SMILES string of the molecule is CCCOc1ccc([C@H]2C(=C(O)c3ccc(F)cc3)C(=O)C(=O)N2CCN2CCOCC2)cc1OC. The largest absolute Gasteiger partial charge is 0.507 e. The van der Waals surface area contributed by atoms with Gasteiger partial charge in [-0.1, -0.05) is 13.0 Å². The van der Waals surface area contributed by atoms with E-state index in [1.165, 1.54) is 36.3 Å². The first-order chi connectivity index (χ1) is 17.4. The number of hydrogen-bond donors (Lipinski definition) is 1. The highest BCUT2D eigenvalue weighted by Crippen LogP contribution is 2.42. The van der Waals surface area contributed by atoms with Crippen molar-refractivity contribution in [1.29, 1.82) is 0 Å². The lowest BCUT2D eigenvalue weighted by molar-refractivity contribution is -0.140. The number of carbonyl (C=O) groups excluding carboxylic acids is 2. The molecule has 2 fully saturated rings. The summed E-state index contributed by atoms with van der Waals surface area (Å²) in [4.78, 5) is 30.1. The molecule has 0 aliphatic carbocycles. The van der Waals surface area contributed by atoms with E-state index in [0.717, 1.165) is 19.5 Å². The van der Waals surface area contributed by atoms with Gasteiger partial charge in [-0.2, -0.15) is 0 Å². The molecule has 0 radical (unpaired) electrons. The number of benzene rings is 2. The number of amides is 1. The summed E-state index contributed by atoms with van der Waals surface area (Å²) in [6.07, 6.45) is 0.824. The lowest BCUT2D eigenvalue weighted by Crippen LogP contribution is -2.42.